The molecule has 16 heteroatoms. The van der Waals surface area contributed by atoms with Gasteiger partial charge in [0.2, 0.25) is 0 Å². The van der Waals surface area contributed by atoms with Crippen LogP contribution < -0.4 is 25.0 Å². The molecular formula is C40H62N8O8. The highest BCUT2D eigenvalue weighted by molar-refractivity contribution is 5.70. The Morgan fingerprint density at radius 2 is 1.12 bits per heavy atom. The molecule has 0 aromatic carbocycles. The predicted molar refractivity (Wildman–Crippen MR) is 216 cm³/mol. The van der Waals surface area contributed by atoms with E-state index in [9.17, 15) is 9.59 Å². The van der Waals surface area contributed by atoms with Crippen LogP contribution in [0.25, 0.3) is 5.82 Å². The molecule has 16 nitrogen and oxygen atoms in total. The maximum atomic E-state index is 12.7. The first-order valence-corrected chi connectivity index (χ1v) is 18.9. The van der Waals surface area contributed by atoms with E-state index in [1.807, 2.05) is 53.8 Å². The summed E-state index contributed by atoms with van der Waals surface area (Å²) in [4.78, 5) is 41.8. The lowest BCUT2D eigenvalue weighted by Crippen LogP contribution is -2.57. The Kier molecular flexibility index (Phi) is 14.7. The molecule has 56 heavy (non-hydrogen) atoms. The molecule has 2 fully saturated rings. The molecule has 0 saturated carbocycles. The van der Waals surface area contributed by atoms with Gasteiger partial charge >= 0.3 is 12.2 Å². The highest BCUT2D eigenvalue weighted by Gasteiger charge is 2.36. The molecule has 0 bridgehead atoms. The number of piperazine rings is 2. The minimum Gasteiger partial charge on any atom is -0.494 e. The number of pyridine rings is 2. The molecule has 5 heterocycles. The van der Waals surface area contributed by atoms with Crippen LogP contribution in [0.4, 0.5) is 26.8 Å². The fourth-order valence-electron chi connectivity index (χ4n) is 6.76. The molecule has 3 aromatic rings. The molecule has 2 N–H and O–H groups in total. The smallest absolute Gasteiger partial charge is 0.410 e. The number of carbonyl (C=O) groups is 2. The number of methoxy groups -OCH3 is 4. The summed E-state index contributed by atoms with van der Waals surface area (Å²) in [5.74, 6) is 2.64. The third-order valence-corrected chi connectivity index (χ3v) is 9.26. The Bertz CT molecular complexity index is 1750. The summed E-state index contributed by atoms with van der Waals surface area (Å²) in [7, 11) is 6.53. The molecule has 2 atom stereocenters. The maximum absolute atomic E-state index is 12.7. The summed E-state index contributed by atoms with van der Waals surface area (Å²) < 4.78 is 35.1. The van der Waals surface area contributed by atoms with Gasteiger partial charge in [-0.05, 0) is 67.5 Å². The highest BCUT2D eigenvalue weighted by Crippen LogP contribution is 2.33. The fourth-order valence-corrected chi connectivity index (χ4v) is 6.76. The number of nitrogens with zero attached hydrogens (tertiary/aromatic N) is 7. The number of hydrogen-bond acceptors (Lipinski definition) is 13. The van der Waals surface area contributed by atoms with Crippen LogP contribution >= 0.6 is 0 Å². The molecular weight excluding hydrogens is 720 g/mol. The van der Waals surface area contributed by atoms with Gasteiger partial charge in [0.1, 0.15) is 34.3 Å². The van der Waals surface area contributed by atoms with Crippen LogP contribution in [0.2, 0.25) is 0 Å². The van der Waals surface area contributed by atoms with E-state index in [4.69, 9.17) is 39.1 Å². The normalized spacial score (nSPS) is 17.6. The standard InChI is InChI=1S/C23H34N4O4.C17H28N4O4/c1-16-8-9-17(2)27(16)21-12-20(30-7)19(13-24-21)25-10-11-26(18(14-25)15-29-6)22(28)31-23(3,4)5;1-17(2,3)25-16(22)21-7-6-20(10-12(21)11-23-4)13-9-19-15(18)8-14(13)24-5/h8-9,12-13,18H,10-11,14-15H2,1-7H3;8-9,12H,6-7,10-11H2,1-5H3,(H2,18,19)/t18-;12-/m11/s1. The van der Waals surface area contributed by atoms with Crippen LogP contribution in [0.15, 0.2) is 36.7 Å². The maximum Gasteiger partial charge on any atom is 0.410 e. The number of hydrogen-bond donors (Lipinski definition) is 1. The van der Waals surface area contributed by atoms with Crippen molar-refractivity contribution in [2.24, 2.45) is 0 Å². The summed E-state index contributed by atoms with van der Waals surface area (Å²) in [6.07, 6.45) is 2.91. The zero-order valence-electron chi connectivity index (χ0n) is 35.2. The van der Waals surface area contributed by atoms with Crippen LogP contribution in [0.3, 0.4) is 0 Å². The van der Waals surface area contributed by atoms with Crippen LogP contribution in [0.5, 0.6) is 11.5 Å². The fraction of sp³-hybridized carbons (Fsp3) is 0.600. The predicted octanol–water partition coefficient (Wildman–Crippen LogP) is 5.31. The van der Waals surface area contributed by atoms with Crippen molar-refractivity contribution in [1.82, 2.24) is 24.3 Å². The van der Waals surface area contributed by atoms with E-state index in [0.29, 0.717) is 64.0 Å². The monoisotopic (exact) mass is 782 g/mol. The Morgan fingerprint density at radius 3 is 1.54 bits per heavy atom. The van der Waals surface area contributed by atoms with E-state index in [-0.39, 0.29) is 24.3 Å². The van der Waals surface area contributed by atoms with Crippen molar-refractivity contribution in [3.63, 3.8) is 0 Å². The van der Waals surface area contributed by atoms with Gasteiger partial charge in [-0.15, -0.1) is 0 Å². The summed E-state index contributed by atoms with van der Waals surface area (Å²) in [6, 6.07) is 7.54. The van der Waals surface area contributed by atoms with Crippen molar-refractivity contribution in [3.05, 3.63) is 48.0 Å². The number of nitrogen functional groups attached to an aromatic ring is 1. The van der Waals surface area contributed by atoms with Gasteiger partial charge in [-0.2, -0.15) is 0 Å². The molecule has 2 aliphatic rings. The van der Waals surface area contributed by atoms with Gasteiger partial charge in [-0.3, -0.25) is 9.80 Å². The highest BCUT2D eigenvalue weighted by atomic mass is 16.6. The molecule has 0 radical (unpaired) electrons. The van der Waals surface area contributed by atoms with Crippen molar-refractivity contribution < 1.29 is 38.0 Å². The number of amides is 2. The quantitative estimate of drug-likeness (QED) is 0.298. The van der Waals surface area contributed by atoms with E-state index in [1.165, 1.54) is 0 Å². The number of nitrogens with two attached hydrogens (primary N) is 1. The first-order valence-electron chi connectivity index (χ1n) is 18.9. The Labute approximate surface area is 331 Å². The van der Waals surface area contributed by atoms with Gasteiger partial charge in [0.25, 0.3) is 0 Å². The third-order valence-electron chi connectivity index (χ3n) is 9.26. The van der Waals surface area contributed by atoms with Gasteiger partial charge in [0.05, 0.1) is 63.3 Å². The lowest BCUT2D eigenvalue weighted by molar-refractivity contribution is 0.00257. The number of aryl methyl sites for hydroxylation is 2. The van der Waals surface area contributed by atoms with Crippen LogP contribution in [0, 0.1) is 13.8 Å². The SMILES string of the molecule is COC[C@H]1CN(c2cnc(-n3c(C)ccc3C)cc2OC)CCN1C(=O)OC(C)(C)C.COC[C@H]1CN(c2cnc(N)cc2OC)CCN1C(=O)OC(C)(C)C. The molecule has 310 valence electrons. The van der Waals surface area contributed by atoms with Crippen LogP contribution in [-0.2, 0) is 18.9 Å². The summed E-state index contributed by atoms with van der Waals surface area (Å²) >= 11 is 0. The molecule has 3 aromatic heterocycles. The van der Waals surface area contributed by atoms with E-state index in [1.54, 1.807) is 50.5 Å². The second-order valence-electron chi connectivity index (χ2n) is 15.9. The topological polar surface area (TPSA) is 159 Å². The molecule has 2 aliphatic heterocycles. The molecule has 2 saturated heterocycles. The average Bonchev–Trinajstić information content (AvgIpc) is 3.47. The second kappa shape index (κ2) is 18.8. The zero-order chi connectivity index (χ0) is 41.4. The molecule has 0 aliphatic carbocycles. The lowest BCUT2D eigenvalue weighted by Gasteiger charge is -2.42. The number of ether oxygens (including phenoxy) is 6. The number of rotatable bonds is 9. The largest absolute Gasteiger partial charge is 0.494 e. The van der Waals surface area contributed by atoms with E-state index >= 15 is 0 Å². The van der Waals surface area contributed by atoms with E-state index < -0.39 is 11.2 Å². The van der Waals surface area contributed by atoms with Crippen molar-refractivity contribution in [2.45, 2.75) is 78.7 Å². The van der Waals surface area contributed by atoms with Crippen LogP contribution in [-0.4, -0.2) is 141 Å². The van der Waals surface area contributed by atoms with Crippen molar-refractivity contribution in [1.29, 1.82) is 0 Å². The van der Waals surface area contributed by atoms with Gasteiger partial charge in [0.15, 0.2) is 0 Å². The minimum absolute atomic E-state index is 0.129. The van der Waals surface area contributed by atoms with E-state index in [2.05, 4.69) is 45.3 Å². The van der Waals surface area contributed by atoms with Crippen molar-refractivity contribution >= 4 is 29.4 Å². The average molecular weight is 783 g/mol. The third kappa shape index (κ3) is 11.3. The minimum atomic E-state index is -0.538. The van der Waals surface area contributed by atoms with Crippen molar-refractivity contribution in [2.75, 3.05) is 96.5 Å². The molecule has 5 rings (SSSR count). The first-order chi connectivity index (χ1) is 26.4. The summed E-state index contributed by atoms with van der Waals surface area (Å²) in [6.45, 7) is 19.7. The summed E-state index contributed by atoms with van der Waals surface area (Å²) in [5, 5.41) is 0. The first kappa shape index (κ1) is 43.8. The van der Waals surface area contributed by atoms with E-state index in [0.717, 1.165) is 34.3 Å². The van der Waals surface area contributed by atoms with Gasteiger partial charge < -0.3 is 48.5 Å². The van der Waals surface area contributed by atoms with Gasteiger partial charge in [-0.25, -0.2) is 19.6 Å². The van der Waals surface area contributed by atoms with Crippen LogP contribution in [0.1, 0.15) is 52.9 Å². The summed E-state index contributed by atoms with van der Waals surface area (Å²) in [5.41, 5.74) is 8.64. The molecule has 2 amide bonds. The Hall–Kier alpha value is -4.96. The number of carbonyl (C=O) groups excluding carboxylic acids is 2. The lowest BCUT2D eigenvalue weighted by atomic mass is 10.1. The number of anilines is 3. The Morgan fingerprint density at radius 1 is 0.696 bits per heavy atom. The Balaban J connectivity index is 0.000000255. The zero-order valence-corrected chi connectivity index (χ0v) is 35.2. The number of aromatic nitrogens is 3. The van der Waals surface area contributed by atoms with Crippen molar-refractivity contribution in [3.8, 4) is 17.3 Å². The van der Waals surface area contributed by atoms with Gasteiger partial charge in [0, 0.05) is 77.0 Å². The second-order valence-corrected chi connectivity index (χ2v) is 15.9. The molecule has 0 unspecified atom stereocenters. The van der Waals surface area contributed by atoms with Gasteiger partial charge in [-0.1, -0.05) is 0 Å². The molecule has 0 spiro atoms.